The standard InChI is InChI=1S/C7H4FO2/c8-5-1-3-4(2-9)6(3)7(5)10/h1,3-4,6H/t3-,4+,6+/m1/s1. The number of fused-ring (bicyclic) bond motifs is 1. The van der Waals surface area contributed by atoms with Crippen LogP contribution in [0.1, 0.15) is 0 Å². The largest absolute Gasteiger partial charge is 0.291 e. The van der Waals surface area contributed by atoms with Crippen LogP contribution in [0.4, 0.5) is 4.39 Å². The summed E-state index contributed by atoms with van der Waals surface area (Å²) in [5, 5.41) is 0. The second-order valence-corrected chi connectivity index (χ2v) is 2.63. The number of Topliss-reactive ketones (excluding diaryl/α,β-unsaturated/α-hetero) is 1. The predicted octanol–water partition coefficient (Wildman–Crippen LogP) is 0.394. The highest BCUT2D eigenvalue weighted by Gasteiger charge is 2.59. The summed E-state index contributed by atoms with van der Waals surface area (Å²) in [4.78, 5) is 20.7. The Bertz CT molecular complexity index is 244. The Kier molecular flexibility index (Phi) is 0.886. The van der Waals surface area contributed by atoms with E-state index in [1.165, 1.54) is 6.08 Å². The van der Waals surface area contributed by atoms with E-state index in [-0.39, 0.29) is 11.8 Å². The minimum atomic E-state index is -0.679. The van der Waals surface area contributed by atoms with Crippen molar-refractivity contribution in [3.63, 3.8) is 0 Å². The van der Waals surface area contributed by atoms with E-state index in [2.05, 4.69) is 0 Å². The second-order valence-electron chi connectivity index (χ2n) is 2.63. The van der Waals surface area contributed by atoms with Crippen molar-refractivity contribution in [3.05, 3.63) is 11.9 Å². The van der Waals surface area contributed by atoms with Crippen LogP contribution in [0.2, 0.25) is 0 Å². The van der Waals surface area contributed by atoms with Crippen LogP contribution in [0.5, 0.6) is 0 Å². The zero-order chi connectivity index (χ0) is 7.30. The molecule has 1 saturated carbocycles. The van der Waals surface area contributed by atoms with Crippen molar-refractivity contribution in [1.82, 2.24) is 0 Å². The second kappa shape index (κ2) is 1.54. The zero-order valence-electron chi connectivity index (χ0n) is 5.00. The van der Waals surface area contributed by atoms with Crippen LogP contribution < -0.4 is 0 Å². The average molecular weight is 139 g/mol. The topological polar surface area (TPSA) is 34.1 Å². The van der Waals surface area contributed by atoms with E-state index in [9.17, 15) is 14.0 Å². The van der Waals surface area contributed by atoms with E-state index < -0.39 is 17.5 Å². The van der Waals surface area contributed by atoms with E-state index in [1.807, 2.05) is 0 Å². The first-order chi connectivity index (χ1) is 4.75. The van der Waals surface area contributed by atoms with Gasteiger partial charge < -0.3 is 0 Å². The first-order valence-electron chi connectivity index (χ1n) is 3.05. The van der Waals surface area contributed by atoms with Gasteiger partial charge in [-0.25, -0.2) is 4.39 Å². The van der Waals surface area contributed by atoms with Gasteiger partial charge in [0.05, 0.1) is 0 Å². The molecule has 1 radical (unpaired) electrons. The number of hydrogen-bond donors (Lipinski definition) is 0. The Morgan fingerprint density at radius 2 is 2.30 bits per heavy atom. The zero-order valence-corrected chi connectivity index (χ0v) is 5.00. The summed E-state index contributed by atoms with van der Waals surface area (Å²) >= 11 is 0. The number of hydrogen-bond acceptors (Lipinski definition) is 2. The quantitative estimate of drug-likeness (QED) is 0.526. The summed E-state index contributed by atoms with van der Waals surface area (Å²) in [6.07, 6.45) is 2.93. The molecule has 0 unspecified atom stereocenters. The molecule has 0 saturated heterocycles. The molecule has 0 aromatic heterocycles. The molecule has 0 aromatic carbocycles. The average Bonchev–Trinajstić information content (AvgIpc) is 2.52. The molecule has 2 aliphatic rings. The summed E-state index contributed by atoms with van der Waals surface area (Å²) < 4.78 is 12.3. The Morgan fingerprint density at radius 3 is 2.70 bits per heavy atom. The number of carbonyl (C=O) groups excluding carboxylic acids is 2. The van der Waals surface area contributed by atoms with E-state index >= 15 is 0 Å². The lowest BCUT2D eigenvalue weighted by Crippen LogP contribution is -2.01. The molecule has 0 N–H and O–H groups in total. The number of halogens is 1. The Morgan fingerprint density at radius 1 is 1.60 bits per heavy atom. The van der Waals surface area contributed by atoms with Crippen molar-refractivity contribution >= 4 is 12.1 Å². The lowest BCUT2D eigenvalue weighted by atomic mass is 10.2. The van der Waals surface area contributed by atoms with Crippen LogP contribution in [0.25, 0.3) is 0 Å². The molecule has 10 heavy (non-hydrogen) atoms. The highest BCUT2D eigenvalue weighted by molar-refractivity contribution is 6.03. The van der Waals surface area contributed by atoms with Gasteiger partial charge in [-0.05, 0) is 6.08 Å². The van der Waals surface area contributed by atoms with Crippen molar-refractivity contribution in [1.29, 1.82) is 0 Å². The highest BCUT2D eigenvalue weighted by atomic mass is 19.1. The summed E-state index contributed by atoms with van der Waals surface area (Å²) in [5.74, 6) is -2.09. The van der Waals surface area contributed by atoms with Crippen molar-refractivity contribution in [2.75, 3.05) is 0 Å². The van der Waals surface area contributed by atoms with Gasteiger partial charge in [0, 0.05) is 17.8 Å². The van der Waals surface area contributed by atoms with Gasteiger partial charge in [0.25, 0.3) is 0 Å². The molecule has 2 nitrogen and oxygen atoms in total. The van der Waals surface area contributed by atoms with E-state index in [0.29, 0.717) is 0 Å². The first-order valence-corrected chi connectivity index (χ1v) is 3.05. The molecular formula is C7H4FO2. The molecule has 2 aliphatic carbocycles. The van der Waals surface area contributed by atoms with Crippen LogP contribution in [0.3, 0.4) is 0 Å². The Hall–Kier alpha value is -0.990. The van der Waals surface area contributed by atoms with Crippen molar-refractivity contribution in [2.45, 2.75) is 0 Å². The molecule has 0 amide bonds. The van der Waals surface area contributed by atoms with Crippen molar-refractivity contribution in [3.8, 4) is 0 Å². The molecular weight excluding hydrogens is 135 g/mol. The predicted molar refractivity (Wildman–Crippen MR) is 30.4 cm³/mol. The molecule has 0 bridgehead atoms. The Labute approximate surface area is 56.7 Å². The molecule has 0 heterocycles. The fraction of sp³-hybridized carbons (Fsp3) is 0.429. The third-order valence-corrected chi connectivity index (χ3v) is 2.09. The lowest BCUT2D eigenvalue weighted by molar-refractivity contribution is -0.117. The third-order valence-electron chi connectivity index (χ3n) is 2.09. The molecule has 51 valence electrons. The van der Waals surface area contributed by atoms with Crippen LogP contribution in [0.15, 0.2) is 11.9 Å². The van der Waals surface area contributed by atoms with Gasteiger partial charge in [0.15, 0.2) is 11.6 Å². The Balaban J connectivity index is 2.26. The number of ketones is 1. The summed E-state index contributed by atoms with van der Waals surface area (Å²) in [5.41, 5.74) is 0. The van der Waals surface area contributed by atoms with Gasteiger partial charge in [-0.2, -0.15) is 0 Å². The van der Waals surface area contributed by atoms with Crippen molar-refractivity contribution < 1.29 is 14.0 Å². The first kappa shape index (κ1) is 5.77. The van der Waals surface area contributed by atoms with Gasteiger partial charge in [-0.15, -0.1) is 0 Å². The smallest absolute Gasteiger partial charge is 0.203 e. The molecule has 0 aromatic rings. The number of carbonyl (C=O) groups is 1. The number of rotatable bonds is 1. The fourth-order valence-electron chi connectivity index (χ4n) is 1.44. The van der Waals surface area contributed by atoms with Crippen LogP contribution in [-0.2, 0) is 9.59 Å². The lowest BCUT2D eigenvalue weighted by Gasteiger charge is -1.87. The van der Waals surface area contributed by atoms with Gasteiger partial charge in [0.1, 0.15) is 0 Å². The maximum atomic E-state index is 12.3. The monoisotopic (exact) mass is 139 g/mol. The molecule has 3 heteroatoms. The van der Waals surface area contributed by atoms with Gasteiger partial charge in [-0.3, -0.25) is 9.59 Å². The molecule has 2 rings (SSSR count). The minimum absolute atomic E-state index is 0.162. The van der Waals surface area contributed by atoms with Gasteiger partial charge in [-0.1, -0.05) is 0 Å². The van der Waals surface area contributed by atoms with E-state index in [1.54, 1.807) is 6.29 Å². The summed E-state index contributed by atoms with van der Waals surface area (Å²) in [6.45, 7) is 0. The maximum Gasteiger partial charge on any atom is 0.203 e. The van der Waals surface area contributed by atoms with Crippen LogP contribution >= 0.6 is 0 Å². The van der Waals surface area contributed by atoms with E-state index in [4.69, 9.17) is 0 Å². The van der Waals surface area contributed by atoms with Crippen molar-refractivity contribution in [2.24, 2.45) is 17.8 Å². The SMILES string of the molecule is O=[C][C@H]1[C@H]2C=C(F)C(=O)[C@H]12. The normalized spacial score (nSPS) is 42.7. The van der Waals surface area contributed by atoms with Crippen LogP contribution in [0, 0.1) is 17.8 Å². The summed E-state index contributed by atoms with van der Waals surface area (Å²) in [6, 6.07) is 0. The molecule has 1 fully saturated rings. The molecule has 0 aliphatic heterocycles. The highest BCUT2D eigenvalue weighted by Crippen LogP contribution is 2.52. The minimum Gasteiger partial charge on any atom is -0.291 e. The van der Waals surface area contributed by atoms with E-state index in [0.717, 1.165) is 0 Å². The number of allylic oxidation sites excluding steroid dienone is 2. The fourth-order valence-corrected chi connectivity index (χ4v) is 1.44. The molecule has 0 spiro atoms. The van der Waals surface area contributed by atoms with Crippen LogP contribution in [-0.4, -0.2) is 12.1 Å². The summed E-state index contributed by atoms with van der Waals surface area (Å²) in [7, 11) is 0. The maximum absolute atomic E-state index is 12.3. The molecule has 3 atom stereocenters. The third kappa shape index (κ3) is 0.478. The van der Waals surface area contributed by atoms with Gasteiger partial charge >= 0.3 is 0 Å². The van der Waals surface area contributed by atoms with Gasteiger partial charge in [0.2, 0.25) is 6.29 Å².